The van der Waals surface area contributed by atoms with E-state index < -0.39 is 41.5 Å². The number of nitriles is 1. The molecule has 0 saturated carbocycles. The average molecular weight is 903 g/mol. The second kappa shape index (κ2) is 23.7. The van der Waals surface area contributed by atoms with Gasteiger partial charge in [-0.15, -0.1) is 0 Å². The number of nitrogens with one attached hydrogen (secondary N) is 1. The summed E-state index contributed by atoms with van der Waals surface area (Å²) < 4.78 is 12.2. The zero-order chi connectivity index (χ0) is 47.4. The van der Waals surface area contributed by atoms with Crippen LogP contribution in [0.15, 0.2) is 66.9 Å². The Morgan fingerprint density at radius 3 is 2.15 bits per heavy atom. The van der Waals surface area contributed by atoms with Crippen LogP contribution in [0.5, 0.6) is 11.5 Å². The molecule has 0 spiro atoms. The molecule has 352 valence electrons. The topological polar surface area (TPSA) is 247 Å². The van der Waals surface area contributed by atoms with Crippen molar-refractivity contribution in [2.24, 2.45) is 29.0 Å². The van der Waals surface area contributed by atoms with Crippen LogP contribution >= 0.6 is 0 Å². The van der Waals surface area contributed by atoms with Gasteiger partial charge < -0.3 is 36.9 Å². The lowest BCUT2D eigenvalue weighted by Crippen LogP contribution is -2.46. The fourth-order valence-electron chi connectivity index (χ4n) is 7.97. The van der Waals surface area contributed by atoms with Gasteiger partial charge in [0.1, 0.15) is 30.8 Å². The molecule has 0 radical (unpaired) electrons. The van der Waals surface area contributed by atoms with Crippen molar-refractivity contribution in [2.75, 3.05) is 39.9 Å². The smallest absolute Gasteiger partial charge is 0.226 e. The minimum absolute atomic E-state index is 0. The van der Waals surface area contributed by atoms with E-state index in [0.717, 1.165) is 11.1 Å². The van der Waals surface area contributed by atoms with Gasteiger partial charge in [0.2, 0.25) is 11.8 Å². The Bertz CT molecular complexity index is 2410. The van der Waals surface area contributed by atoms with Crippen LogP contribution in [0.25, 0.3) is 22.5 Å². The highest BCUT2D eigenvalue weighted by Crippen LogP contribution is 2.41. The summed E-state index contributed by atoms with van der Waals surface area (Å²) in [7, 11) is 1.50. The highest BCUT2D eigenvalue weighted by Gasteiger charge is 2.36. The lowest BCUT2D eigenvalue weighted by molar-refractivity contribution is -0.142. The van der Waals surface area contributed by atoms with Crippen LogP contribution in [0.3, 0.4) is 0 Å². The van der Waals surface area contributed by atoms with E-state index in [0.29, 0.717) is 45.3 Å². The van der Waals surface area contributed by atoms with Crippen LogP contribution in [0.1, 0.15) is 106 Å². The summed E-state index contributed by atoms with van der Waals surface area (Å²) in [4.78, 5) is 81.2. The van der Waals surface area contributed by atoms with Gasteiger partial charge in [-0.05, 0) is 72.7 Å². The van der Waals surface area contributed by atoms with Crippen molar-refractivity contribution >= 4 is 29.2 Å². The van der Waals surface area contributed by atoms with Gasteiger partial charge in [-0.1, -0.05) is 71.5 Å². The van der Waals surface area contributed by atoms with Gasteiger partial charge in [-0.3, -0.25) is 24.0 Å². The number of aromatic nitrogens is 2. The van der Waals surface area contributed by atoms with Crippen molar-refractivity contribution in [3.63, 3.8) is 0 Å². The van der Waals surface area contributed by atoms with Gasteiger partial charge in [0.05, 0.1) is 23.4 Å². The zero-order valence-corrected chi connectivity index (χ0v) is 38.3. The maximum atomic E-state index is 14.7. The Labute approximate surface area is 388 Å². The molecular formula is C51H66N8O7. The fourth-order valence-corrected chi connectivity index (χ4v) is 7.97. The number of nitrogens with two attached hydrogens (primary N) is 3. The molecule has 1 aromatic heterocycles. The van der Waals surface area contributed by atoms with Gasteiger partial charge in [-0.25, -0.2) is 9.97 Å². The summed E-state index contributed by atoms with van der Waals surface area (Å²) in [6.45, 7) is 10.6. The lowest BCUT2D eigenvalue weighted by atomic mass is 9.86. The number of Topliss-reactive ketones (excluding diaryl/α,β-unsaturated/α-hetero) is 3. The molecule has 0 aliphatic carbocycles. The summed E-state index contributed by atoms with van der Waals surface area (Å²) in [5, 5.41) is 12.1. The number of carbonyl (C=O) groups is 5. The van der Waals surface area contributed by atoms with Crippen LogP contribution in [0.2, 0.25) is 0 Å². The molecule has 15 heteroatoms. The first kappa shape index (κ1) is 52.3. The summed E-state index contributed by atoms with van der Waals surface area (Å²) >= 11 is 0. The third-order valence-electron chi connectivity index (χ3n) is 11.6. The van der Waals surface area contributed by atoms with Gasteiger partial charge in [0.25, 0.3) is 0 Å². The van der Waals surface area contributed by atoms with E-state index in [1.807, 2.05) is 36.4 Å². The van der Waals surface area contributed by atoms with Crippen molar-refractivity contribution in [2.45, 2.75) is 98.1 Å². The Morgan fingerprint density at radius 1 is 0.924 bits per heavy atom. The molecule has 0 saturated heterocycles. The van der Waals surface area contributed by atoms with E-state index in [1.165, 1.54) is 18.1 Å². The van der Waals surface area contributed by atoms with E-state index in [9.17, 15) is 29.2 Å². The molecule has 1 aliphatic rings. The van der Waals surface area contributed by atoms with E-state index in [-0.39, 0.29) is 101 Å². The molecular weight excluding hydrogens is 837 g/mol. The number of likely N-dealkylation sites (N-methyl/N-ethyl adjacent to an activating group) is 1. The van der Waals surface area contributed by atoms with Crippen LogP contribution < -0.4 is 32.0 Å². The van der Waals surface area contributed by atoms with Crippen molar-refractivity contribution in [3.05, 3.63) is 94.8 Å². The second-order valence-electron chi connectivity index (χ2n) is 17.6. The molecule has 2 heterocycles. The molecule has 4 atom stereocenters. The fraction of sp³-hybridized carbons (Fsp3) is 0.451. The number of nitrogens with zero attached hydrogens (tertiary/aromatic N) is 4. The highest BCUT2D eigenvalue weighted by atomic mass is 16.5. The summed E-state index contributed by atoms with van der Waals surface area (Å²) in [5.41, 5.74) is 22.6. The Morgan fingerprint density at radius 2 is 1.56 bits per heavy atom. The molecule has 3 aromatic carbocycles. The van der Waals surface area contributed by atoms with Crippen molar-refractivity contribution < 1.29 is 33.4 Å². The first-order valence-corrected chi connectivity index (χ1v) is 22.1. The monoisotopic (exact) mass is 903 g/mol. The number of fused-ring (bicyclic) bond motifs is 5. The van der Waals surface area contributed by atoms with E-state index in [4.69, 9.17) is 26.7 Å². The number of ether oxygens (including phenoxy) is 2. The SMILES string of the molecule is C.Cc1nc(-c2ccc(C(C)(C)C)cc2)ncc1C(=O)CC(CCN)C(=O)N(C)C1C(=O)CC(C)C(=O)NC(C(=O)CCC#N)Cc2ccc(OCCN)c(c2)-c2cc1ccc2OCCN. The van der Waals surface area contributed by atoms with Gasteiger partial charge >= 0.3 is 0 Å². The van der Waals surface area contributed by atoms with Crippen LogP contribution in [0, 0.1) is 30.1 Å². The molecule has 0 fully saturated rings. The average Bonchev–Trinajstić information content (AvgIpc) is 3.28. The number of carbonyl (C=O) groups excluding carboxylic acids is 5. The molecule has 66 heavy (non-hydrogen) atoms. The minimum atomic E-state index is -1.24. The normalized spacial score (nSPS) is 16.7. The van der Waals surface area contributed by atoms with Crippen LogP contribution in [-0.4, -0.2) is 90.0 Å². The molecule has 4 bridgehead atoms. The third-order valence-corrected chi connectivity index (χ3v) is 11.6. The number of hydrogen-bond donors (Lipinski definition) is 4. The number of ketones is 3. The standard InChI is InChI=1S/C50H62N8O7.CH4/c1-30-24-43(61)46(58(6)49(63)35(17-19-52)28-42(60)39-29-55-47(56-31(39)2)33-10-13-36(14-11-33)50(3,4)5)34-12-16-45(65-23-21-54)38(27-34)37-25-32(9-15-44(37)64-22-20-53)26-40(57-48(30)62)41(59)8-7-18-51;/h9-16,25,27,29-30,35,40,46H,7-8,17,19-24,26,28,52-54H2,1-6H3,(H,57,62);1H4. The summed E-state index contributed by atoms with van der Waals surface area (Å²) in [6, 6.07) is 18.2. The predicted octanol–water partition coefficient (Wildman–Crippen LogP) is 5.97. The van der Waals surface area contributed by atoms with Crippen molar-refractivity contribution in [1.29, 1.82) is 5.26 Å². The van der Waals surface area contributed by atoms with E-state index in [1.54, 1.807) is 44.2 Å². The summed E-state index contributed by atoms with van der Waals surface area (Å²) in [6.07, 6.45) is 1.09. The molecule has 15 nitrogen and oxygen atoms in total. The number of benzene rings is 3. The quantitative estimate of drug-likeness (QED) is 0.0893. The van der Waals surface area contributed by atoms with Gasteiger partial charge in [0.15, 0.2) is 23.2 Å². The lowest BCUT2D eigenvalue weighted by Gasteiger charge is -2.32. The maximum absolute atomic E-state index is 14.7. The third kappa shape index (κ3) is 12.9. The number of aryl methyl sites for hydroxylation is 1. The largest absolute Gasteiger partial charge is 0.492 e. The maximum Gasteiger partial charge on any atom is 0.226 e. The Kier molecular flexibility index (Phi) is 18.8. The van der Waals surface area contributed by atoms with Crippen LogP contribution in [0.4, 0.5) is 0 Å². The number of rotatable bonds is 17. The van der Waals surface area contributed by atoms with Gasteiger partial charge in [0, 0.05) is 80.5 Å². The molecule has 1 aliphatic heterocycles. The van der Waals surface area contributed by atoms with Crippen molar-refractivity contribution in [1.82, 2.24) is 20.2 Å². The van der Waals surface area contributed by atoms with Gasteiger partial charge in [-0.2, -0.15) is 5.26 Å². The predicted molar refractivity (Wildman–Crippen MR) is 255 cm³/mol. The van der Waals surface area contributed by atoms with Crippen molar-refractivity contribution in [3.8, 4) is 40.1 Å². The molecule has 7 N–H and O–H groups in total. The first-order chi connectivity index (χ1) is 31.0. The Hall–Kier alpha value is -6.34. The molecule has 4 aromatic rings. The van der Waals surface area contributed by atoms with E-state index >= 15 is 0 Å². The number of amides is 2. The first-order valence-electron chi connectivity index (χ1n) is 22.1. The van der Waals surface area contributed by atoms with Crippen LogP contribution in [-0.2, 0) is 31.0 Å². The highest BCUT2D eigenvalue weighted by molar-refractivity contribution is 6.00. The minimum Gasteiger partial charge on any atom is -0.492 e. The van der Waals surface area contributed by atoms with E-state index in [2.05, 4.69) is 36.1 Å². The Balaban J connectivity index is 0.00000952. The summed E-state index contributed by atoms with van der Waals surface area (Å²) in [5.74, 6) is -2.72. The zero-order valence-electron chi connectivity index (χ0n) is 38.3. The molecule has 4 unspecified atom stereocenters. The number of hydrogen-bond acceptors (Lipinski definition) is 13. The second-order valence-corrected chi connectivity index (χ2v) is 17.6. The molecule has 5 rings (SSSR count). The molecule has 2 amide bonds.